The van der Waals surface area contributed by atoms with E-state index in [1.54, 1.807) is 10.4 Å². The first-order valence-electron chi connectivity index (χ1n) is 7.00. The molecule has 1 aliphatic rings. The molecule has 0 radical (unpaired) electrons. The van der Waals surface area contributed by atoms with E-state index in [1.807, 2.05) is 13.0 Å². The van der Waals surface area contributed by atoms with E-state index in [9.17, 15) is 8.42 Å². The Labute approximate surface area is 126 Å². The lowest BCUT2D eigenvalue weighted by molar-refractivity contribution is 0.247. The minimum Gasteiger partial charge on any atom is -0.328 e. The van der Waals surface area contributed by atoms with E-state index in [2.05, 4.69) is 20.8 Å². The Balaban J connectivity index is 2.29. The molecule has 0 unspecified atom stereocenters. The van der Waals surface area contributed by atoms with Crippen LogP contribution < -0.4 is 5.73 Å². The zero-order valence-electron chi connectivity index (χ0n) is 12.6. The number of nitrogens with zero attached hydrogens (tertiary/aromatic N) is 1. The summed E-state index contributed by atoms with van der Waals surface area (Å²) >= 11 is 1.38. The van der Waals surface area contributed by atoms with Crippen molar-refractivity contribution in [3.05, 3.63) is 17.0 Å². The normalized spacial score (nSPS) is 25.9. The molecule has 6 heteroatoms. The predicted molar refractivity (Wildman–Crippen MR) is 83.6 cm³/mol. The van der Waals surface area contributed by atoms with Crippen LogP contribution in [-0.4, -0.2) is 31.4 Å². The number of nitrogens with two attached hydrogens (primary N) is 1. The standard InChI is InChI=1S/C14H24N2O2S2/c1-10-9-11(15)7-8-16(10)20(17,18)13-6-5-12(19-13)14(2,3)4/h5-6,10-11H,7-9,15H2,1-4H3/t10-,11-/m0/s1. The van der Waals surface area contributed by atoms with Gasteiger partial charge in [0.1, 0.15) is 4.21 Å². The highest BCUT2D eigenvalue weighted by molar-refractivity contribution is 7.91. The number of hydrogen-bond acceptors (Lipinski definition) is 4. The van der Waals surface area contributed by atoms with Crippen molar-refractivity contribution in [2.24, 2.45) is 5.73 Å². The first-order valence-corrected chi connectivity index (χ1v) is 9.26. The van der Waals surface area contributed by atoms with Crippen LogP contribution in [0.4, 0.5) is 0 Å². The second-order valence-corrected chi connectivity index (χ2v) is 9.82. The molecular formula is C14H24N2O2S2. The summed E-state index contributed by atoms with van der Waals surface area (Å²) in [6.07, 6.45) is 1.47. The molecule has 0 aromatic carbocycles. The van der Waals surface area contributed by atoms with Crippen LogP contribution in [0.15, 0.2) is 16.3 Å². The summed E-state index contributed by atoms with van der Waals surface area (Å²) in [5.41, 5.74) is 5.89. The number of piperidine rings is 1. The second-order valence-electron chi connectivity index (χ2n) is 6.62. The summed E-state index contributed by atoms with van der Waals surface area (Å²) in [4.78, 5) is 1.09. The lowest BCUT2D eigenvalue weighted by atomic mass is 9.95. The first-order chi connectivity index (χ1) is 9.12. The van der Waals surface area contributed by atoms with Gasteiger partial charge in [-0.15, -0.1) is 11.3 Å². The molecule has 0 aliphatic carbocycles. The van der Waals surface area contributed by atoms with Gasteiger partial charge in [-0.25, -0.2) is 8.42 Å². The number of sulfonamides is 1. The first kappa shape index (κ1) is 15.9. The fourth-order valence-corrected chi connectivity index (χ4v) is 5.67. The zero-order valence-corrected chi connectivity index (χ0v) is 14.2. The van der Waals surface area contributed by atoms with Gasteiger partial charge in [0.15, 0.2) is 0 Å². The molecule has 114 valence electrons. The summed E-state index contributed by atoms with van der Waals surface area (Å²) < 4.78 is 27.5. The fraction of sp³-hybridized carbons (Fsp3) is 0.714. The van der Waals surface area contributed by atoms with Crippen molar-refractivity contribution in [1.29, 1.82) is 0 Å². The molecule has 2 rings (SSSR count). The van der Waals surface area contributed by atoms with E-state index in [4.69, 9.17) is 5.73 Å². The van der Waals surface area contributed by atoms with Crippen LogP contribution >= 0.6 is 11.3 Å². The van der Waals surface area contributed by atoms with Crippen LogP contribution in [0.1, 0.15) is 45.4 Å². The summed E-state index contributed by atoms with van der Waals surface area (Å²) in [5, 5.41) is 0. The lowest BCUT2D eigenvalue weighted by Gasteiger charge is -2.34. The molecule has 4 nitrogen and oxygen atoms in total. The molecule has 1 aromatic rings. The van der Waals surface area contributed by atoms with E-state index in [1.165, 1.54) is 11.3 Å². The highest BCUT2D eigenvalue weighted by Crippen LogP contribution is 2.34. The zero-order chi connectivity index (χ0) is 15.1. The van der Waals surface area contributed by atoms with Crippen molar-refractivity contribution in [3.63, 3.8) is 0 Å². The molecule has 2 atom stereocenters. The molecule has 0 bridgehead atoms. The summed E-state index contributed by atoms with van der Waals surface area (Å²) in [5.74, 6) is 0. The monoisotopic (exact) mass is 316 g/mol. The van der Waals surface area contributed by atoms with Gasteiger partial charge in [0.2, 0.25) is 0 Å². The Kier molecular flexibility index (Phi) is 4.31. The maximum atomic E-state index is 12.7. The molecular weight excluding hydrogens is 292 g/mol. The lowest BCUT2D eigenvalue weighted by Crippen LogP contribution is -2.48. The van der Waals surface area contributed by atoms with E-state index in [0.717, 1.165) is 17.7 Å². The van der Waals surface area contributed by atoms with Crippen LogP contribution in [0.5, 0.6) is 0 Å². The second kappa shape index (κ2) is 5.40. The third-order valence-electron chi connectivity index (χ3n) is 3.74. The Morgan fingerprint density at radius 2 is 2.00 bits per heavy atom. The third-order valence-corrected chi connectivity index (χ3v) is 7.73. The summed E-state index contributed by atoms with van der Waals surface area (Å²) in [6, 6.07) is 3.76. The summed E-state index contributed by atoms with van der Waals surface area (Å²) in [7, 11) is -3.38. The van der Waals surface area contributed by atoms with Gasteiger partial charge in [-0.1, -0.05) is 20.8 Å². The Hall–Kier alpha value is -0.430. The Morgan fingerprint density at radius 1 is 1.35 bits per heavy atom. The number of thiophene rings is 1. The molecule has 0 saturated carbocycles. The van der Waals surface area contributed by atoms with E-state index in [-0.39, 0.29) is 17.5 Å². The van der Waals surface area contributed by atoms with E-state index >= 15 is 0 Å². The molecule has 1 aliphatic heterocycles. The smallest absolute Gasteiger partial charge is 0.252 e. The maximum Gasteiger partial charge on any atom is 0.252 e. The van der Waals surface area contributed by atoms with Crippen molar-refractivity contribution in [2.45, 2.75) is 62.2 Å². The average molecular weight is 316 g/mol. The molecule has 2 N–H and O–H groups in total. The minimum atomic E-state index is -3.38. The van der Waals surface area contributed by atoms with Crippen molar-refractivity contribution < 1.29 is 8.42 Å². The maximum absolute atomic E-state index is 12.7. The molecule has 1 fully saturated rings. The topological polar surface area (TPSA) is 63.4 Å². The van der Waals surface area contributed by atoms with Gasteiger partial charge >= 0.3 is 0 Å². The van der Waals surface area contributed by atoms with Gasteiger partial charge in [-0.3, -0.25) is 0 Å². The molecule has 1 aromatic heterocycles. The SMILES string of the molecule is C[C@H]1C[C@@H](N)CCN1S(=O)(=O)c1ccc(C(C)(C)C)s1. The van der Waals surface area contributed by atoms with Crippen molar-refractivity contribution >= 4 is 21.4 Å². The van der Waals surface area contributed by atoms with Crippen LogP contribution in [0.3, 0.4) is 0 Å². The van der Waals surface area contributed by atoms with Crippen LogP contribution in [-0.2, 0) is 15.4 Å². The van der Waals surface area contributed by atoms with Crippen LogP contribution in [0.25, 0.3) is 0 Å². The van der Waals surface area contributed by atoms with Crippen molar-refractivity contribution in [1.82, 2.24) is 4.31 Å². The molecule has 0 amide bonds. The van der Waals surface area contributed by atoms with Crippen LogP contribution in [0.2, 0.25) is 0 Å². The van der Waals surface area contributed by atoms with Crippen molar-refractivity contribution in [2.75, 3.05) is 6.54 Å². The van der Waals surface area contributed by atoms with Gasteiger partial charge in [0.25, 0.3) is 10.0 Å². The van der Waals surface area contributed by atoms with Gasteiger partial charge in [-0.2, -0.15) is 4.31 Å². The molecule has 1 saturated heterocycles. The Morgan fingerprint density at radius 3 is 2.50 bits per heavy atom. The summed E-state index contributed by atoms with van der Waals surface area (Å²) in [6.45, 7) is 8.75. The minimum absolute atomic E-state index is 0.0195. The highest BCUT2D eigenvalue weighted by Gasteiger charge is 2.34. The largest absolute Gasteiger partial charge is 0.328 e. The van der Waals surface area contributed by atoms with Gasteiger partial charge in [0, 0.05) is 23.5 Å². The van der Waals surface area contributed by atoms with E-state index in [0.29, 0.717) is 10.8 Å². The molecule has 2 heterocycles. The van der Waals surface area contributed by atoms with Gasteiger partial charge in [0.05, 0.1) is 0 Å². The van der Waals surface area contributed by atoms with Crippen molar-refractivity contribution in [3.8, 4) is 0 Å². The Bertz CT molecular complexity index is 572. The molecule has 20 heavy (non-hydrogen) atoms. The quantitative estimate of drug-likeness (QED) is 0.912. The van der Waals surface area contributed by atoms with E-state index < -0.39 is 10.0 Å². The van der Waals surface area contributed by atoms with Crippen LogP contribution in [0, 0.1) is 0 Å². The predicted octanol–water partition coefficient (Wildman–Crippen LogP) is 2.55. The number of hydrogen-bond donors (Lipinski definition) is 1. The average Bonchev–Trinajstić information content (AvgIpc) is 2.77. The highest BCUT2D eigenvalue weighted by atomic mass is 32.2. The van der Waals surface area contributed by atoms with Gasteiger partial charge in [-0.05, 0) is 37.3 Å². The molecule has 0 spiro atoms. The third kappa shape index (κ3) is 3.08. The van der Waals surface area contributed by atoms with Gasteiger partial charge < -0.3 is 5.73 Å². The number of rotatable bonds is 2. The fourth-order valence-electron chi connectivity index (χ4n) is 2.52.